The van der Waals surface area contributed by atoms with Crippen LogP contribution in [0.5, 0.6) is 11.5 Å². The third-order valence-corrected chi connectivity index (χ3v) is 3.65. The summed E-state index contributed by atoms with van der Waals surface area (Å²) in [4.78, 5) is 0. The van der Waals surface area contributed by atoms with Crippen LogP contribution in [0.1, 0.15) is 24.1 Å². The first kappa shape index (κ1) is 14.9. The van der Waals surface area contributed by atoms with E-state index in [1.54, 1.807) is 7.11 Å². The number of methoxy groups -OCH3 is 1. The molecule has 0 fully saturated rings. The van der Waals surface area contributed by atoms with Crippen molar-refractivity contribution in [1.29, 1.82) is 0 Å². The normalized spacial score (nSPS) is 12.0. The monoisotopic (exact) mass is 335 g/mol. The molecule has 2 rings (SSSR count). The van der Waals surface area contributed by atoms with E-state index in [9.17, 15) is 0 Å². The molecule has 3 nitrogen and oxygen atoms in total. The second-order valence-electron chi connectivity index (χ2n) is 4.62. The molecule has 0 spiro atoms. The predicted octanol–water partition coefficient (Wildman–Crippen LogP) is 4.06. The number of hydrogen-bond acceptors (Lipinski definition) is 3. The van der Waals surface area contributed by atoms with Crippen LogP contribution < -0.4 is 15.2 Å². The van der Waals surface area contributed by atoms with Crippen LogP contribution in [-0.2, 0) is 6.61 Å². The molecule has 0 amide bonds. The molecule has 0 saturated heterocycles. The van der Waals surface area contributed by atoms with Crippen LogP contribution >= 0.6 is 15.9 Å². The van der Waals surface area contributed by atoms with Crippen molar-refractivity contribution in [3.8, 4) is 11.5 Å². The fourth-order valence-electron chi connectivity index (χ4n) is 1.83. The molecule has 0 heterocycles. The lowest BCUT2D eigenvalue weighted by molar-refractivity contribution is 0.305. The Morgan fingerprint density at radius 3 is 2.40 bits per heavy atom. The summed E-state index contributed by atoms with van der Waals surface area (Å²) in [6.07, 6.45) is 0. The first-order valence-corrected chi connectivity index (χ1v) is 7.20. The fourth-order valence-corrected chi connectivity index (χ4v) is 2.42. The van der Waals surface area contributed by atoms with Crippen molar-refractivity contribution in [2.24, 2.45) is 5.73 Å². The van der Waals surface area contributed by atoms with Gasteiger partial charge in [0.1, 0.15) is 18.1 Å². The van der Waals surface area contributed by atoms with Crippen LogP contribution in [-0.4, -0.2) is 7.11 Å². The molecule has 2 aromatic carbocycles. The molecule has 106 valence electrons. The minimum Gasteiger partial charge on any atom is -0.496 e. The first-order valence-electron chi connectivity index (χ1n) is 6.41. The van der Waals surface area contributed by atoms with Gasteiger partial charge in [0.05, 0.1) is 11.6 Å². The van der Waals surface area contributed by atoms with Gasteiger partial charge in [-0.15, -0.1) is 0 Å². The second kappa shape index (κ2) is 6.77. The summed E-state index contributed by atoms with van der Waals surface area (Å²) in [5.41, 5.74) is 7.99. The Labute approximate surface area is 127 Å². The van der Waals surface area contributed by atoms with Gasteiger partial charge >= 0.3 is 0 Å². The van der Waals surface area contributed by atoms with Gasteiger partial charge in [-0.05, 0) is 58.2 Å². The largest absolute Gasteiger partial charge is 0.496 e. The summed E-state index contributed by atoms with van der Waals surface area (Å²) in [6, 6.07) is 13.8. The lowest BCUT2D eigenvalue weighted by Gasteiger charge is -2.10. The summed E-state index contributed by atoms with van der Waals surface area (Å²) < 4.78 is 11.9. The third kappa shape index (κ3) is 3.74. The van der Waals surface area contributed by atoms with Crippen LogP contribution in [0, 0.1) is 0 Å². The highest BCUT2D eigenvalue weighted by atomic mass is 79.9. The van der Waals surface area contributed by atoms with Gasteiger partial charge in [-0.2, -0.15) is 0 Å². The SMILES string of the molecule is COc1ccc(COc2ccc(C(C)N)cc2)cc1Br. The lowest BCUT2D eigenvalue weighted by Crippen LogP contribution is -2.04. The van der Waals surface area contributed by atoms with E-state index in [1.807, 2.05) is 49.4 Å². The average molecular weight is 336 g/mol. The Balaban J connectivity index is 1.99. The summed E-state index contributed by atoms with van der Waals surface area (Å²) in [5.74, 6) is 1.65. The molecule has 2 aromatic rings. The molecule has 0 aromatic heterocycles. The Morgan fingerprint density at radius 1 is 1.15 bits per heavy atom. The Morgan fingerprint density at radius 2 is 1.85 bits per heavy atom. The van der Waals surface area contributed by atoms with Gasteiger partial charge in [0.15, 0.2) is 0 Å². The summed E-state index contributed by atoms with van der Waals surface area (Å²) in [6.45, 7) is 2.48. The minimum atomic E-state index is 0.0431. The lowest BCUT2D eigenvalue weighted by atomic mass is 10.1. The van der Waals surface area contributed by atoms with E-state index >= 15 is 0 Å². The molecule has 0 radical (unpaired) electrons. The van der Waals surface area contributed by atoms with Gasteiger partial charge in [0, 0.05) is 6.04 Å². The zero-order chi connectivity index (χ0) is 14.5. The molecule has 1 unspecified atom stereocenters. The Bertz CT molecular complexity index is 567. The number of benzene rings is 2. The maximum atomic E-state index is 5.81. The van der Waals surface area contributed by atoms with Gasteiger partial charge in [-0.1, -0.05) is 18.2 Å². The van der Waals surface area contributed by atoms with Crippen molar-refractivity contribution in [3.05, 3.63) is 58.1 Å². The molecular formula is C16H18BrNO2. The maximum Gasteiger partial charge on any atom is 0.133 e. The molecule has 0 aliphatic heterocycles. The average Bonchev–Trinajstić information content (AvgIpc) is 2.45. The molecule has 2 N–H and O–H groups in total. The van der Waals surface area contributed by atoms with Gasteiger partial charge in [-0.25, -0.2) is 0 Å². The van der Waals surface area contributed by atoms with Crippen molar-refractivity contribution in [2.45, 2.75) is 19.6 Å². The van der Waals surface area contributed by atoms with E-state index in [0.29, 0.717) is 6.61 Å². The van der Waals surface area contributed by atoms with Crippen molar-refractivity contribution < 1.29 is 9.47 Å². The van der Waals surface area contributed by atoms with E-state index < -0.39 is 0 Å². The molecule has 4 heteroatoms. The van der Waals surface area contributed by atoms with Crippen LogP contribution in [0.2, 0.25) is 0 Å². The van der Waals surface area contributed by atoms with E-state index in [-0.39, 0.29) is 6.04 Å². The number of halogens is 1. The van der Waals surface area contributed by atoms with Crippen LogP contribution in [0.4, 0.5) is 0 Å². The number of hydrogen-bond donors (Lipinski definition) is 1. The topological polar surface area (TPSA) is 44.5 Å². The van der Waals surface area contributed by atoms with E-state index in [4.69, 9.17) is 15.2 Å². The smallest absolute Gasteiger partial charge is 0.133 e. The van der Waals surface area contributed by atoms with E-state index in [0.717, 1.165) is 27.1 Å². The second-order valence-corrected chi connectivity index (χ2v) is 5.47. The van der Waals surface area contributed by atoms with Gasteiger partial charge in [-0.3, -0.25) is 0 Å². The summed E-state index contributed by atoms with van der Waals surface area (Å²) in [5, 5.41) is 0. The highest BCUT2D eigenvalue weighted by Gasteiger charge is 2.03. The zero-order valence-electron chi connectivity index (χ0n) is 11.6. The summed E-state index contributed by atoms with van der Waals surface area (Å²) in [7, 11) is 1.65. The van der Waals surface area contributed by atoms with E-state index in [2.05, 4.69) is 15.9 Å². The van der Waals surface area contributed by atoms with Gasteiger partial charge in [0.25, 0.3) is 0 Å². The quantitative estimate of drug-likeness (QED) is 0.896. The molecule has 0 saturated carbocycles. The molecule has 0 aliphatic rings. The maximum absolute atomic E-state index is 5.81. The number of nitrogens with two attached hydrogens (primary N) is 1. The van der Waals surface area contributed by atoms with Crippen molar-refractivity contribution >= 4 is 15.9 Å². The minimum absolute atomic E-state index is 0.0431. The molecule has 0 bridgehead atoms. The Kier molecular flexibility index (Phi) is 5.04. The molecular weight excluding hydrogens is 318 g/mol. The predicted molar refractivity (Wildman–Crippen MR) is 84.1 cm³/mol. The molecule has 1 atom stereocenters. The first-order chi connectivity index (χ1) is 9.60. The van der Waals surface area contributed by atoms with Crippen molar-refractivity contribution in [2.75, 3.05) is 7.11 Å². The van der Waals surface area contributed by atoms with Crippen molar-refractivity contribution in [1.82, 2.24) is 0 Å². The van der Waals surface area contributed by atoms with Crippen LogP contribution in [0.3, 0.4) is 0 Å². The number of rotatable bonds is 5. The third-order valence-electron chi connectivity index (χ3n) is 3.03. The molecule has 20 heavy (non-hydrogen) atoms. The molecule has 0 aliphatic carbocycles. The number of ether oxygens (including phenoxy) is 2. The van der Waals surface area contributed by atoms with Gasteiger partial charge < -0.3 is 15.2 Å². The van der Waals surface area contributed by atoms with Gasteiger partial charge in [0.2, 0.25) is 0 Å². The van der Waals surface area contributed by atoms with Crippen LogP contribution in [0.25, 0.3) is 0 Å². The van der Waals surface area contributed by atoms with Crippen molar-refractivity contribution in [3.63, 3.8) is 0 Å². The highest BCUT2D eigenvalue weighted by Crippen LogP contribution is 2.26. The van der Waals surface area contributed by atoms with Crippen LogP contribution in [0.15, 0.2) is 46.9 Å². The standard InChI is InChI=1S/C16H18BrNO2/c1-11(18)13-4-6-14(7-5-13)20-10-12-3-8-16(19-2)15(17)9-12/h3-9,11H,10,18H2,1-2H3. The zero-order valence-corrected chi connectivity index (χ0v) is 13.2. The Hall–Kier alpha value is -1.52. The highest BCUT2D eigenvalue weighted by molar-refractivity contribution is 9.10. The van der Waals surface area contributed by atoms with E-state index in [1.165, 1.54) is 0 Å². The summed E-state index contributed by atoms with van der Waals surface area (Å²) >= 11 is 3.46. The fraction of sp³-hybridized carbons (Fsp3) is 0.250.